The van der Waals surface area contributed by atoms with E-state index in [1.54, 1.807) is 12.3 Å². The third-order valence-corrected chi connectivity index (χ3v) is 4.23. The molecule has 0 radical (unpaired) electrons. The summed E-state index contributed by atoms with van der Waals surface area (Å²) in [6, 6.07) is 7.31. The van der Waals surface area contributed by atoms with E-state index in [1.165, 1.54) is 11.8 Å². The van der Waals surface area contributed by atoms with E-state index in [9.17, 15) is 4.79 Å². The number of nitrogens with one attached hydrogen (secondary N) is 1. The highest BCUT2D eigenvalue weighted by molar-refractivity contribution is 7.99. The third kappa shape index (κ3) is 4.92. The van der Waals surface area contributed by atoms with Crippen molar-refractivity contribution in [3.63, 3.8) is 0 Å². The molecule has 5 heteroatoms. The molecular formula is C20H20N2O2S. The van der Waals surface area contributed by atoms with Gasteiger partial charge in [0.1, 0.15) is 5.75 Å². The van der Waals surface area contributed by atoms with Crippen molar-refractivity contribution < 1.29 is 9.53 Å². The zero-order valence-corrected chi connectivity index (χ0v) is 15.3. The van der Waals surface area contributed by atoms with Gasteiger partial charge in [0.25, 0.3) is 5.91 Å². The summed E-state index contributed by atoms with van der Waals surface area (Å²) in [6.07, 6.45) is 14.7. The zero-order chi connectivity index (χ0) is 18.4. The number of fused-ring (bicyclic) bond motifs is 1. The summed E-state index contributed by atoms with van der Waals surface area (Å²) in [5, 5.41) is 3.78. The van der Waals surface area contributed by atoms with Crippen molar-refractivity contribution in [2.75, 3.05) is 6.26 Å². The summed E-state index contributed by atoms with van der Waals surface area (Å²) in [5.74, 6) is 5.48. The van der Waals surface area contributed by atoms with Gasteiger partial charge >= 0.3 is 0 Å². The number of rotatable bonds is 6. The lowest BCUT2D eigenvalue weighted by molar-refractivity contribution is -0.126. The lowest BCUT2D eigenvalue weighted by atomic mass is 10.0. The number of hydrogen-bond donors (Lipinski definition) is 1. The van der Waals surface area contributed by atoms with E-state index in [0.29, 0.717) is 17.7 Å². The van der Waals surface area contributed by atoms with Gasteiger partial charge in [-0.3, -0.25) is 9.78 Å². The Morgan fingerprint density at radius 2 is 2.16 bits per heavy atom. The molecule has 1 N–H and O–H groups in total. The summed E-state index contributed by atoms with van der Waals surface area (Å²) < 4.78 is 5.85. The van der Waals surface area contributed by atoms with Gasteiger partial charge in [0, 0.05) is 29.1 Å². The van der Waals surface area contributed by atoms with E-state index < -0.39 is 11.0 Å². The van der Waals surface area contributed by atoms with Crippen molar-refractivity contribution in [3.05, 3.63) is 36.0 Å². The number of hydrogen-bond acceptors (Lipinski definition) is 4. The maximum atomic E-state index is 12.5. The number of thioether (sulfide) groups is 1. The van der Waals surface area contributed by atoms with E-state index in [0.717, 1.165) is 10.9 Å². The zero-order valence-electron chi connectivity index (χ0n) is 14.5. The first-order valence-electron chi connectivity index (χ1n) is 7.70. The smallest absolute Gasteiger partial charge is 0.272 e. The van der Waals surface area contributed by atoms with Gasteiger partial charge in [0.2, 0.25) is 5.44 Å². The Bertz CT molecular complexity index is 862. The van der Waals surface area contributed by atoms with Crippen molar-refractivity contribution >= 4 is 28.6 Å². The average molecular weight is 352 g/mol. The molecule has 0 saturated heterocycles. The fourth-order valence-corrected chi connectivity index (χ4v) is 2.77. The molecule has 0 fully saturated rings. The maximum absolute atomic E-state index is 12.5. The van der Waals surface area contributed by atoms with Crippen molar-refractivity contribution in [2.45, 2.75) is 31.2 Å². The Hall–Kier alpha value is -2.63. The molecule has 1 amide bonds. The van der Waals surface area contributed by atoms with Gasteiger partial charge in [-0.1, -0.05) is 5.92 Å². The fraction of sp³-hybridized carbons (Fsp3) is 0.300. The van der Waals surface area contributed by atoms with Crippen LogP contribution in [0.2, 0.25) is 0 Å². The number of amides is 1. The highest BCUT2D eigenvalue weighted by Crippen LogP contribution is 2.23. The fourth-order valence-electron chi connectivity index (χ4n) is 2.29. The van der Waals surface area contributed by atoms with Crippen LogP contribution < -0.4 is 10.1 Å². The molecule has 4 nitrogen and oxygen atoms in total. The molecule has 0 bridgehead atoms. The average Bonchev–Trinajstić information content (AvgIpc) is 2.58. The Morgan fingerprint density at radius 3 is 2.80 bits per heavy atom. The Balaban J connectivity index is 2.18. The first-order chi connectivity index (χ1) is 11.9. The molecule has 0 aliphatic carbocycles. The van der Waals surface area contributed by atoms with Crippen LogP contribution in [0.4, 0.5) is 0 Å². The predicted molar refractivity (Wildman–Crippen MR) is 103 cm³/mol. The largest absolute Gasteiger partial charge is 0.470 e. The first kappa shape index (κ1) is 18.7. The summed E-state index contributed by atoms with van der Waals surface area (Å²) in [7, 11) is 0. The summed E-state index contributed by atoms with van der Waals surface area (Å²) >= 11 is 1.31. The Labute approximate surface area is 152 Å². The van der Waals surface area contributed by atoms with Gasteiger partial charge in [-0.15, -0.1) is 30.5 Å². The molecule has 0 spiro atoms. The summed E-state index contributed by atoms with van der Waals surface area (Å²) in [5.41, 5.74) is 0.336. The molecule has 0 saturated carbocycles. The minimum Gasteiger partial charge on any atom is -0.470 e. The second kappa shape index (κ2) is 7.96. The van der Waals surface area contributed by atoms with Crippen molar-refractivity contribution in [2.24, 2.45) is 0 Å². The van der Waals surface area contributed by atoms with Gasteiger partial charge < -0.3 is 10.1 Å². The van der Waals surface area contributed by atoms with Gasteiger partial charge in [-0.05, 0) is 44.4 Å². The van der Waals surface area contributed by atoms with Gasteiger partial charge in [-0.2, -0.15) is 0 Å². The van der Waals surface area contributed by atoms with Crippen LogP contribution in [0.5, 0.6) is 5.75 Å². The standard InChI is InChI=1S/C20H20N2O2S/c1-6-10-20(3,4)22-18(23)19(25-5)24-16-8-9-17-15(12-16)11-14(7-2)13-21-17/h1-2,8-9,11-13,19H,10H2,3-5H3,(H,22,23). The molecule has 2 rings (SSSR count). The quantitative estimate of drug-likeness (QED) is 0.641. The normalized spacial score (nSPS) is 12.0. The first-order valence-corrected chi connectivity index (χ1v) is 8.98. The van der Waals surface area contributed by atoms with Crippen LogP contribution in [0.15, 0.2) is 30.5 Å². The van der Waals surface area contributed by atoms with Crippen molar-refractivity contribution in [3.8, 4) is 30.4 Å². The van der Waals surface area contributed by atoms with E-state index >= 15 is 0 Å². The number of nitrogens with zero attached hydrogens (tertiary/aromatic N) is 1. The van der Waals surface area contributed by atoms with E-state index in [1.807, 2.05) is 38.3 Å². The van der Waals surface area contributed by atoms with Gasteiger partial charge in [0.15, 0.2) is 0 Å². The highest BCUT2D eigenvalue weighted by Gasteiger charge is 2.26. The molecule has 1 aromatic carbocycles. The number of carbonyl (C=O) groups is 1. The number of pyridine rings is 1. The lowest BCUT2D eigenvalue weighted by Gasteiger charge is -2.26. The molecule has 1 unspecified atom stereocenters. The number of ether oxygens (including phenoxy) is 1. The second-order valence-electron chi connectivity index (χ2n) is 6.16. The topological polar surface area (TPSA) is 51.2 Å². The van der Waals surface area contributed by atoms with Crippen LogP contribution in [0.25, 0.3) is 10.9 Å². The van der Waals surface area contributed by atoms with Crippen molar-refractivity contribution in [1.29, 1.82) is 0 Å². The number of benzene rings is 1. The molecule has 2 aromatic rings. The minimum atomic E-state index is -0.682. The highest BCUT2D eigenvalue weighted by atomic mass is 32.2. The van der Waals surface area contributed by atoms with Gasteiger partial charge in [-0.25, -0.2) is 0 Å². The SMILES string of the molecule is C#CCC(C)(C)NC(=O)C(Oc1ccc2ncc(C#C)cc2c1)SC. The van der Waals surface area contributed by atoms with Crippen LogP contribution in [0.3, 0.4) is 0 Å². The second-order valence-corrected chi connectivity index (χ2v) is 7.06. The molecule has 1 atom stereocenters. The van der Waals surface area contributed by atoms with Crippen LogP contribution in [-0.4, -0.2) is 28.1 Å². The van der Waals surface area contributed by atoms with E-state index in [-0.39, 0.29) is 5.91 Å². The summed E-state index contributed by atoms with van der Waals surface area (Å²) in [4.78, 5) is 16.8. The molecular weight excluding hydrogens is 332 g/mol. The molecule has 0 aliphatic rings. The monoisotopic (exact) mass is 352 g/mol. The van der Waals surface area contributed by atoms with Crippen LogP contribution in [0.1, 0.15) is 25.8 Å². The molecule has 1 heterocycles. The van der Waals surface area contributed by atoms with E-state index in [2.05, 4.69) is 22.1 Å². The van der Waals surface area contributed by atoms with Crippen LogP contribution >= 0.6 is 11.8 Å². The molecule has 0 aliphatic heterocycles. The third-order valence-electron chi connectivity index (χ3n) is 3.50. The molecule has 128 valence electrons. The van der Waals surface area contributed by atoms with Crippen LogP contribution in [-0.2, 0) is 4.79 Å². The maximum Gasteiger partial charge on any atom is 0.272 e. The molecule has 1 aromatic heterocycles. The number of aromatic nitrogens is 1. The lowest BCUT2D eigenvalue weighted by Crippen LogP contribution is -2.48. The Morgan fingerprint density at radius 1 is 1.40 bits per heavy atom. The van der Waals surface area contributed by atoms with E-state index in [4.69, 9.17) is 17.6 Å². The van der Waals surface area contributed by atoms with Gasteiger partial charge in [0.05, 0.1) is 5.52 Å². The minimum absolute atomic E-state index is 0.219. The number of carbonyl (C=O) groups excluding carboxylic acids is 1. The molecule has 25 heavy (non-hydrogen) atoms. The summed E-state index contributed by atoms with van der Waals surface area (Å²) in [6.45, 7) is 3.76. The predicted octanol–water partition coefficient (Wildman–Crippen LogP) is 3.20. The Kier molecular flexibility index (Phi) is 5.96. The van der Waals surface area contributed by atoms with Crippen LogP contribution in [0, 0.1) is 24.7 Å². The number of terminal acetylenes is 2. The van der Waals surface area contributed by atoms with Crippen molar-refractivity contribution in [1.82, 2.24) is 10.3 Å².